The first-order valence-corrected chi connectivity index (χ1v) is 22.8. The Kier molecular flexibility index (Phi) is 10.00. The highest BCUT2D eigenvalue weighted by Gasteiger charge is 2.29. The zero-order valence-electron chi connectivity index (χ0n) is 18.6. The standard InChI is InChI=1S/C16H42O5Si4/c1-22(2,3)18-15(19-23(4,5)6)13-17-14-16(20-24(7,8)9)21-25(10,11)12/h15-16H,13-14H2,1-12H3. The molecule has 0 bridgehead atoms. The van der Waals surface area contributed by atoms with E-state index in [-0.39, 0.29) is 12.6 Å². The van der Waals surface area contributed by atoms with Crippen molar-refractivity contribution in [2.24, 2.45) is 0 Å². The Hall–Kier alpha value is 0.668. The minimum Gasteiger partial charge on any atom is -0.392 e. The zero-order valence-corrected chi connectivity index (χ0v) is 22.6. The molecule has 0 unspecified atom stereocenters. The van der Waals surface area contributed by atoms with E-state index < -0.39 is 33.3 Å². The summed E-state index contributed by atoms with van der Waals surface area (Å²) < 4.78 is 30.6. The minimum absolute atomic E-state index is 0.308. The van der Waals surface area contributed by atoms with Crippen LogP contribution in [0, 0.1) is 0 Å². The van der Waals surface area contributed by atoms with Crippen molar-refractivity contribution in [3.05, 3.63) is 0 Å². The lowest BCUT2D eigenvalue weighted by atomic mass is 10.6. The quantitative estimate of drug-likeness (QED) is 0.322. The molecule has 9 heteroatoms. The van der Waals surface area contributed by atoms with E-state index in [2.05, 4.69) is 78.6 Å². The molecule has 0 rings (SSSR count). The first-order chi connectivity index (χ1) is 10.9. The van der Waals surface area contributed by atoms with Gasteiger partial charge in [0, 0.05) is 0 Å². The van der Waals surface area contributed by atoms with Gasteiger partial charge in [0.05, 0.1) is 13.2 Å². The third kappa shape index (κ3) is 17.8. The van der Waals surface area contributed by atoms with Crippen LogP contribution >= 0.6 is 0 Å². The number of hydrogen-bond acceptors (Lipinski definition) is 5. The summed E-state index contributed by atoms with van der Waals surface area (Å²) in [4.78, 5) is 0. The van der Waals surface area contributed by atoms with Gasteiger partial charge in [-0.15, -0.1) is 0 Å². The molecule has 0 saturated heterocycles. The van der Waals surface area contributed by atoms with Crippen molar-refractivity contribution in [1.82, 2.24) is 0 Å². The lowest BCUT2D eigenvalue weighted by Gasteiger charge is -2.33. The highest BCUT2D eigenvalue weighted by molar-refractivity contribution is 6.71. The Balaban J connectivity index is 4.75. The summed E-state index contributed by atoms with van der Waals surface area (Å²) >= 11 is 0. The van der Waals surface area contributed by atoms with Crippen LogP contribution < -0.4 is 0 Å². The largest absolute Gasteiger partial charge is 0.392 e. The molecule has 0 aromatic carbocycles. The summed E-state index contributed by atoms with van der Waals surface area (Å²) in [7, 11) is -6.82. The van der Waals surface area contributed by atoms with Crippen molar-refractivity contribution < 1.29 is 22.4 Å². The average Bonchev–Trinajstić information content (AvgIpc) is 2.18. The summed E-state index contributed by atoms with van der Waals surface area (Å²) in [6.45, 7) is 26.8. The van der Waals surface area contributed by atoms with E-state index in [9.17, 15) is 0 Å². The predicted molar refractivity (Wildman–Crippen MR) is 116 cm³/mol. The molecule has 0 aliphatic carbocycles. The van der Waals surface area contributed by atoms with Gasteiger partial charge >= 0.3 is 0 Å². The number of hydrogen-bond donors (Lipinski definition) is 0. The third-order valence-corrected chi connectivity index (χ3v) is 6.33. The van der Waals surface area contributed by atoms with E-state index in [0.29, 0.717) is 13.2 Å². The van der Waals surface area contributed by atoms with Gasteiger partial charge in [-0.25, -0.2) is 0 Å². The first kappa shape index (κ1) is 25.7. The minimum atomic E-state index is -1.71. The number of ether oxygens (including phenoxy) is 1. The molecule has 25 heavy (non-hydrogen) atoms. The Morgan fingerprint density at radius 3 is 0.800 bits per heavy atom. The molecule has 0 N–H and O–H groups in total. The van der Waals surface area contributed by atoms with Crippen molar-refractivity contribution in [3.8, 4) is 0 Å². The second kappa shape index (κ2) is 9.74. The van der Waals surface area contributed by atoms with Crippen LogP contribution in [0.25, 0.3) is 0 Å². The fraction of sp³-hybridized carbons (Fsp3) is 1.00. The van der Waals surface area contributed by atoms with Crippen molar-refractivity contribution >= 4 is 33.3 Å². The van der Waals surface area contributed by atoms with Crippen LogP contribution in [0.1, 0.15) is 0 Å². The van der Waals surface area contributed by atoms with Crippen molar-refractivity contribution in [2.45, 2.75) is 91.1 Å². The maximum atomic E-state index is 6.16. The van der Waals surface area contributed by atoms with Gasteiger partial charge < -0.3 is 22.4 Å². The molecular weight excluding hydrogens is 385 g/mol. The van der Waals surface area contributed by atoms with Crippen LogP contribution in [0.4, 0.5) is 0 Å². The topological polar surface area (TPSA) is 46.2 Å². The molecule has 0 heterocycles. The Morgan fingerprint density at radius 1 is 0.440 bits per heavy atom. The van der Waals surface area contributed by atoms with Gasteiger partial charge in [0.15, 0.2) is 45.8 Å². The van der Waals surface area contributed by atoms with Crippen LogP contribution in [-0.4, -0.2) is 59.1 Å². The van der Waals surface area contributed by atoms with E-state index in [1.54, 1.807) is 0 Å². The van der Waals surface area contributed by atoms with Crippen LogP contribution in [0.2, 0.25) is 78.6 Å². The van der Waals surface area contributed by atoms with E-state index >= 15 is 0 Å². The van der Waals surface area contributed by atoms with E-state index in [0.717, 1.165) is 0 Å². The lowest BCUT2D eigenvalue weighted by Crippen LogP contribution is -2.44. The van der Waals surface area contributed by atoms with E-state index in [1.165, 1.54) is 0 Å². The molecule has 0 aliphatic heterocycles. The Labute approximate surface area is 160 Å². The molecule has 0 radical (unpaired) electrons. The van der Waals surface area contributed by atoms with E-state index in [1.807, 2.05) is 0 Å². The molecule has 5 nitrogen and oxygen atoms in total. The summed E-state index contributed by atoms with van der Waals surface area (Å²) in [5.41, 5.74) is 0. The summed E-state index contributed by atoms with van der Waals surface area (Å²) in [6.07, 6.45) is -0.615. The second-order valence-corrected chi connectivity index (χ2v) is 28.2. The fourth-order valence-corrected chi connectivity index (χ4v) is 5.83. The summed E-state index contributed by atoms with van der Waals surface area (Å²) in [5.74, 6) is 0. The molecule has 0 amide bonds. The normalized spacial score (nSPS) is 14.6. The second-order valence-electron chi connectivity index (χ2n) is 10.3. The van der Waals surface area contributed by atoms with Gasteiger partial charge in [-0.1, -0.05) is 0 Å². The zero-order chi connectivity index (χ0) is 20.1. The smallest absolute Gasteiger partial charge is 0.187 e. The molecule has 0 aromatic heterocycles. The molecule has 0 fully saturated rings. The van der Waals surface area contributed by atoms with Gasteiger partial charge in [-0.3, -0.25) is 0 Å². The first-order valence-electron chi connectivity index (χ1n) is 9.15. The Bertz CT molecular complexity index is 312. The van der Waals surface area contributed by atoms with Gasteiger partial charge in [-0.2, -0.15) is 0 Å². The number of rotatable bonds is 12. The molecule has 0 spiro atoms. The van der Waals surface area contributed by atoms with Crippen molar-refractivity contribution in [2.75, 3.05) is 13.2 Å². The molecule has 0 saturated carbocycles. The monoisotopic (exact) mass is 426 g/mol. The molecular formula is C16H42O5Si4. The van der Waals surface area contributed by atoms with Gasteiger partial charge in [0.1, 0.15) is 0 Å². The van der Waals surface area contributed by atoms with Gasteiger partial charge in [0.25, 0.3) is 0 Å². The predicted octanol–water partition coefficient (Wildman–Crippen LogP) is 5.06. The summed E-state index contributed by atoms with van der Waals surface area (Å²) in [5, 5.41) is 0. The highest BCUT2D eigenvalue weighted by Crippen LogP contribution is 2.17. The fourth-order valence-electron chi connectivity index (χ4n) is 2.02. The van der Waals surface area contributed by atoms with Crippen LogP contribution in [0.15, 0.2) is 0 Å². The van der Waals surface area contributed by atoms with Gasteiger partial charge in [0.2, 0.25) is 0 Å². The highest BCUT2D eigenvalue weighted by atomic mass is 28.4. The maximum absolute atomic E-state index is 6.16. The molecule has 0 aromatic rings. The van der Waals surface area contributed by atoms with Crippen molar-refractivity contribution in [3.63, 3.8) is 0 Å². The SMILES string of the molecule is C[Si](C)(C)OC(COCC(O[Si](C)(C)C)O[Si](C)(C)C)O[Si](C)(C)C. The average molecular weight is 427 g/mol. The lowest BCUT2D eigenvalue weighted by molar-refractivity contribution is -0.114. The summed E-state index contributed by atoms with van der Waals surface area (Å²) in [6, 6.07) is 0. The Morgan fingerprint density at radius 2 is 0.640 bits per heavy atom. The maximum Gasteiger partial charge on any atom is 0.187 e. The third-order valence-electron chi connectivity index (χ3n) is 2.45. The van der Waals surface area contributed by atoms with Crippen molar-refractivity contribution in [1.29, 1.82) is 0 Å². The van der Waals surface area contributed by atoms with E-state index in [4.69, 9.17) is 22.4 Å². The van der Waals surface area contributed by atoms with Crippen LogP contribution in [0.5, 0.6) is 0 Å². The van der Waals surface area contributed by atoms with Gasteiger partial charge in [-0.05, 0) is 78.6 Å². The molecule has 0 aliphatic rings. The molecule has 152 valence electrons. The van der Waals surface area contributed by atoms with Crippen LogP contribution in [0.3, 0.4) is 0 Å². The molecule has 0 atom stereocenters. The van der Waals surface area contributed by atoms with Crippen LogP contribution in [-0.2, 0) is 22.4 Å².